The second kappa shape index (κ2) is 11.4. The molecule has 4 aromatic rings. The highest BCUT2D eigenvalue weighted by atomic mass is 16.5. The van der Waals surface area contributed by atoms with Crippen LogP contribution in [0.4, 0.5) is 0 Å². The molecule has 3 aromatic carbocycles. The summed E-state index contributed by atoms with van der Waals surface area (Å²) >= 11 is 0. The Hall–Kier alpha value is -3.73. The van der Waals surface area contributed by atoms with Gasteiger partial charge in [-0.3, -0.25) is 0 Å². The van der Waals surface area contributed by atoms with Gasteiger partial charge in [0.05, 0.1) is 6.61 Å². The van der Waals surface area contributed by atoms with E-state index in [1.54, 1.807) is 6.07 Å². The fraction of sp³-hybridized carbons (Fsp3) is 0.276. The van der Waals surface area contributed by atoms with Crippen LogP contribution in [0.25, 0.3) is 33.6 Å². The van der Waals surface area contributed by atoms with Gasteiger partial charge in [-0.25, -0.2) is 15.0 Å². The van der Waals surface area contributed by atoms with Gasteiger partial charge in [-0.1, -0.05) is 81.6 Å². The maximum Gasteiger partial charge on any atom is 0.163 e. The standard InChI is InChI=1S/C29H31N3O2/c1-3-5-10-21(4-2)18-34-23-15-16-24(27(33)17-23)25-13-9-14-26(29-31-19-30-20-32-29)28(25)22-11-7-6-8-12-22/h6-9,11-17,19-21,33H,3-5,10,18H2,1-2H3. The van der Waals surface area contributed by atoms with E-state index in [-0.39, 0.29) is 5.75 Å². The lowest BCUT2D eigenvalue weighted by Gasteiger charge is -2.18. The molecule has 5 nitrogen and oxygen atoms in total. The third-order valence-electron chi connectivity index (χ3n) is 6.15. The lowest BCUT2D eigenvalue weighted by molar-refractivity contribution is 0.232. The number of aromatic nitrogens is 3. The van der Waals surface area contributed by atoms with Gasteiger partial charge in [-0.05, 0) is 35.6 Å². The first kappa shape index (κ1) is 23.4. The van der Waals surface area contributed by atoms with E-state index in [9.17, 15) is 5.11 Å². The van der Waals surface area contributed by atoms with Gasteiger partial charge in [0.25, 0.3) is 0 Å². The maximum atomic E-state index is 11.0. The summed E-state index contributed by atoms with van der Waals surface area (Å²) in [5.74, 6) is 1.99. The number of hydrogen-bond donors (Lipinski definition) is 1. The topological polar surface area (TPSA) is 68.1 Å². The van der Waals surface area contributed by atoms with Crippen LogP contribution in [-0.4, -0.2) is 26.7 Å². The Morgan fingerprint density at radius 1 is 0.853 bits per heavy atom. The van der Waals surface area contributed by atoms with Crippen molar-refractivity contribution in [2.45, 2.75) is 39.5 Å². The minimum absolute atomic E-state index is 0.184. The van der Waals surface area contributed by atoms with Crippen LogP contribution in [0, 0.1) is 5.92 Å². The smallest absolute Gasteiger partial charge is 0.163 e. The van der Waals surface area contributed by atoms with Gasteiger partial charge in [0.2, 0.25) is 0 Å². The molecule has 0 spiro atoms. The van der Waals surface area contributed by atoms with Gasteiger partial charge >= 0.3 is 0 Å². The van der Waals surface area contributed by atoms with Crippen LogP contribution in [0.3, 0.4) is 0 Å². The molecule has 0 aliphatic carbocycles. The Kier molecular flexibility index (Phi) is 7.87. The van der Waals surface area contributed by atoms with Crippen LogP contribution in [0.1, 0.15) is 39.5 Å². The van der Waals surface area contributed by atoms with Crippen molar-refractivity contribution in [2.24, 2.45) is 5.92 Å². The van der Waals surface area contributed by atoms with E-state index in [2.05, 4.69) is 40.9 Å². The largest absolute Gasteiger partial charge is 0.507 e. The van der Waals surface area contributed by atoms with Crippen molar-refractivity contribution in [1.29, 1.82) is 0 Å². The van der Waals surface area contributed by atoms with Crippen molar-refractivity contribution < 1.29 is 9.84 Å². The Bertz CT molecular complexity index is 1200. The van der Waals surface area contributed by atoms with Gasteiger partial charge < -0.3 is 9.84 Å². The third-order valence-corrected chi connectivity index (χ3v) is 6.15. The predicted molar refractivity (Wildman–Crippen MR) is 137 cm³/mol. The molecule has 0 saturated carbocycles. The number of benzene rings is 3. The molecular weight excluding hydrogens is 422 g/mol. The molecule has 5 heteroatoms. The highest BCUT2D eigenvalue weighted by Crippen LogP contribution is 2.42. The predicted octanol–water partition coefficient (Wildman–Crippen LogP) is 7.17. The van der Waals surface area contributed by atoms with Gasteiger partial charge in [0, 0.05) is 22.8 Å². The van der Waals surface area contributed by atoms with Crippen molar-refractivity contribution >= 4 is 0 Å². The Balaban J connectivity index is 1.71. The van der Waals surface area contributed by atoms with Crippen molar-refractivity contribution in [3.63, 3.8) is 0 Å². The molecule has 1 atom stereocenters. The summed E-state index contributed by atoms with van der Waals surface area (Å²) < 4.78 is 6.05. The number of nitrogens with zero attached hydrogens (tertiary/aromatic N) is 3. The molecule has 0 saturated heterocycles. The van der Waals surface area contributed by atoms with Crippen LogP contribution < -0.4 is 4.74 Å². The number of hydrogen-bond acceptors (Lipinski definition) is 5. The Morgan fingerprint density at radius 3 is 2.32 bits per heavy atom. The number of phenolic OH excluding ortho intramolecular Hbond substituents is 1. The van der Waals surface area contributed by atoms with Gasteiger partial charge in [-0.15, -0.1) is 0 Å². The normalized spacial score (nSPS) is 11.8. The summed E-state index contributed by atoms with van der Waals surface area (Å²) in [5, 5.41) is 11.0. The van der Waals surface area contributed by atoms with E-state index < -0.39 is 0 Å². The van der Waals surface area contributed by atoms with E-state index >= 15 is 0 Å². The number of ether oxygens (including phenoxy) is 1. The van der Waals surface area contributed by atoms with E-state index in [0.717, 1.165) is 34.2 Å². The fourth-order valence-corrected chi connectivity index (χ4v) is 4.20. The second-order valence-corrected chi connectivity index (χ2v) is 8.46. The van der Waals surface area contributed by atoms with Gasteiger partial charge in [0.15, 0.2) is 5.82 Å². The average Bonchev–Trinajstić information content (AvgIpc) is 2.89. The van der Waals surface area contributed by atoms with Crippen molar-refractivity contribution in [3.05, 3.63) is 79.4 Å². The minimum Gasteiger partial charge on any atom is -0.507 e. The van der Waals surface area contributed by atoms with Crippen LogP contribution in [-0.2, 0) is 0 Å². The summed E-state index contributed by atoms with van der Waals surface area (Å²) in [6.45, 7) is 5.08. The maximum absolute atomic E-state index is 11.0. The molecule has 4 rings (SSSR count). The Morgan fingerprint density at radius 2 is 1.62 bits per heavy atom. The molecule has 0 amide bonds. The van der Waals surface area contributed by atoms with Crippen molar-refractivity contribution in [1.82, 2.24) is 15.0 Å². The first-order valence-electron chi connectivity index (χ1n) is 12.0. The molecular formula is C29H31N3O2. The van der Waals surface area contributed by atoms with E-state index in [0.29, 0.717) is 24.1 Å². The molecule has 174 valence electrons. The lowest BCUT2D eigenvalue weighted by atomic mass is 9.89. The zero-order chi connectivity index (χ0) is 23.8. The average molecular weight is 454 g/mol. The van der Waals surface area contributed by atoms with Crippen LogP contribution in [0.5, 0.6) is 11.5 Å². The SMILES string of the molecule is CCCCC(CC)COc1ccc(-c2cccc(-c3ncncn3)c2-c2ccccc2)c(O)c1. The first-order chi connectivity index (χ1) is 16.7. The first-order valence-corrected chi connectivity index (χ1v) is 12.0. The molecule has 0 aliphatic heterocycles. The summed E-state index contributed by atoms with van der Waals surface area (Å²) in [5.41, 5.74) is 4.51. The van der Waals surface area contributed by atoms with Crippen LogP contribution >= 0.6 is 0 Å². The molecule has 1 heterocycles. The molecule has 0 aliphatic rings. The molecule has 1 N–H and O–H groups in total. The van der Waals surface area contributed by atoms with Crippen LogP contribution in [0.2, 0.25) is 0 Å². The molecule has 1 unspecified atom stereocenters. The molecule has 0 bridgehead atoms. The van der Waals surface area contributed by atoms with Gasteiger partial charge in [-0.2, -0.15) is 0 Å². The zero-order valence-corrected chi connectivity index (χ0v) is 19.8. The number of rotatable bonds is 10. The Labute approximate surface area is 201 Å². The zero-order valence-electron chi connectivity index (χ0n) is 19.8. The summed E-state index contributed by atoms with van der Waals surface area (Å²) in [7, 11) is 0. The van der Waals surface area contributed by atoms with Gasteiger partial charge in [0.1, 0.15) is 24.2 Å². The number of aromatic hydroxyl groups is 1. The van der Waals surface area contributed by atoms with Crippen molar-refractivity contribution in [2.75, 3.05) is 6.61 Å². The molecule has 1 aromatic heterocycles. The summed E-state index contributed by atoms with van der Waals surface area (Å²) in [6, 6.07) is 21.7. The highest BCUT2D eigenvalue weighted by molar-refractivity contribution is 5.94. The van der Waals surface area contributed by atoms with Crippen molar-refractivity contribution in [3.8, 4) is 45.1 Å². The highest BCUT2D eigenvalue weighted by Gasteiger charge is 2.18. The van der Waals surface area contributed by atoms with E-state index in [1.807, 2.05) is 48.5 Å². The quantitative estimate of drug-likeness (QED) is 0.276. The lowest BCUT2D eigenvalue weighted by Crippen LogP contribution is -2.11. The molecule has 34 heavy (non-hydrogen) atoms. The minimum atomic E-state index is 0.184. The number of unbranched alkanes of at least 4 members (excludes halogenated alkanes) is 1. The third kappa shape index (κ3) is 5.42. The summed E-state index contributed by atoms with van der Waals surface area (Å²) in [4.78, 5) is 12.7. The second-order valence-electron chi connectivity index (χ2n) is 8.46. The van der Waals surface area contributed by atoms with E-state index in [4.69, 9.17) is 4.74 Å². The molecule has 0 fully saturated rings. The van der Waals surface area contributed by atoms with Crippen LogP contribution in [0.15, 0.2) is 79.4 Å². The molecule has 0 radical (unpaired) electrons. The fourth-order valence-electron chi connectivity index (χ4n) is 4.20. The number of phenols is 1. The summed E-state index contributed by atoms with van der Waals surface area (Å²) in [6.07, 6.45) is 7.66. The van der Waals surface area contributed by atoms with E-state index in [1.165, 1.54) is 31.9 Å². The monoisotopic (exact) mass is 453 g/mol.